The molecule has 5 aromatic rings. The fourth-order valence-electron chi connectivity index (χ4n) is 12.9. The second-order valence-corrected chi connectivity index (χ2v) is 20.1. The SMILES string of the molecule is CC1(C)c2ccccc2-c2ccc(C(c3ccc(-c4c(C5CCCCC5)cc(C5CCCCC5)cc4C4CCCCC4)cc3)c3ccc(C4CCCCC4)cc3)cc21. The average Bonchev–Trinajstić information content (AvgIpc) is 3.53. The van der Waals surface area contributed by atoms with Crippen molar-refractivity contribution in [2.24, 2.45) is 0 Å². The predicted octanol–water partition coefficient (Wildman–Crippen LogP) is 17.0. The van der Waals surface area contributed by atoms with Crippen LogP contribution in [0.1, 0.15) is 222 Å². The van der Waals surface area contributed by atoms with Gasteiger partial charge < -0.3 is 0 Å². The molecule has 0 aliphatic heterocycles. The van der Waals surface area contributed by atoms with Gasteiger partial charge in [0.05, 0.1) is 0 Å². The van der Waals surface area contributed by atoms with E-state index in [4.69, 9.17) is 0 Å². The highest BCUT2D eigenvalue weighted by Gasteiger charge is 2.36. The molecule has 0 bridgehead atoms. The average molecular weight is 765 g/mol. The fraction of sp³-hybridized carbons (Fsp3) is 0.483. The fourth-order valence-corrected chi connectivity index (χ4v) is 12.9. The molecule has 0 saturated heterocycles. The van der Waals surface area contributed by atoms with Gasteiger partial charge in [0.25, 0.3) is 0 Å². The van der Waals surface area contributed by atoms with Crippen LogP contribution in [0.3, 0.4) is 0 Å². The maximum absolute atomic E-state index is 2.77. The van der Waals surface area contributed by atoms with Crippen LogP contribution in [0.25, 0.3) is 22.3 Å². The normalized spacial score (nSPS) is 21.1. The van der Waals surface area contributed by atoms with Crippen molar-refractivity contribution in [1.29, 1.82) is 0 Å². The van der Waals surface area contributed by atoms with E-state index >= 15 is 0 Å². The molecule has 0 radical (unpaired) electrons. The van der Waals surface area contributed by atoms with Crippen molar-refractivity contribution in [1.82, 2.24) is 0 Å². The summed E-state index contributed by atoms with van der Waals surface area (Å²) in [5.74, 6) is 3.06. The Morgan fingerprint density at radius 3 is 1.40 bits per heavy atom. The van der Waals surface area contributed by atoms with Crippen molar-refractivity contribution in [3.05, 3.63) is 153 Å². The van der Waals surface area contributed by atoms with Gasteiger partial charge in [-0.1, -0.05) is 194 Å². The Bertz CT molecular complexity index is 2130. The number of hydrogen-bond acceptors (Lipinski definition) is 0. The molecule has 58 heavy (non-hydrogen) atoms. The smallest absolute Gasteiger partial charge is 0.0340 e. The molecule has 5 aliphatic rings. The van der Waals surface area contributed by atoms with E-state index in [0.717, 1.165) is 11.8 Å². The van der Waals surface area contributed by atoms with Crippen molar-refractivity contribution in [2.45, 2.75) is 177 Å². The van der Waals surface area contributed by atoms with E-state index in [-0.39, 0.29) is 11.3 Å². The third kappa shape index (κ3) is 7.34. The highest BCUT2D eigenvalue weighted by atomic mass is 14.4. The van der Waals surface area contributed by atoms with Crippen molar-refractivity contribution in [3.63, 3.8) is 0 Å². The molecule has 5 aromatic carbocycles. The van der Waals surface area contributed by atoms with Gasteiger partial charge in [-0.15, -0.1) is 0 Å². The van der Waals surface area contributed by atoms with Crippen LogP contribution < -0.4 is 0 Å². The van der Waals surface area contributed by atoms with Crippen LogP contribution in [0.5, 0.6) is 0 Å². The lowest BCUT2D eigenvalue weighted by atomic mass is 9.72. The maximum Gasteiger partial charge on any atom is 0.0340 e. The van der Waals surface area contributed by atoms with Crippen LogP contribution in [-0.4, -0.2) is 0 Å². The van der Waals surface area contributed by atoms with E-state index in [0.29, 0.717) is 11.8 Å². The Hall–Kier alpha value is -3.90. The topological polar surface area (TPSA) is 0 Å². The summed E-state index contributed by atoms with van der Waals surface area (Å²) in [5.41, 5.74) is 19.8. The highest BCUT2D eigenvalue weighted by Crippen LogP contribution is 2.51. The minimum absolute atomic E-state index is 0.0178. The molecule has 5 aliphatic carbocycles. The molecule has 0 N–H and O–H groups in total. The van der Waals surface area contributed by atoms with Crippen LogP contribution in [0.2, 0.25) is 0 Å². The van der Waals surface area contributed by atoms with Crippen molar-refractivity contribution in [2.75, 3.05) is 0 Å². The van der Waals surface area contributed by atoms with E-state index in [1.54, 1.807) is 27.8 Å². The van der Waals surface area contributed by atoms with Gasteiger partial charge >= 0.3 is 0 Å². The van der Waals surface area contributed by atoms with Gasteiger partial charge in [0, 0.05) is 11.3 Å². The second-order valence-electron chi connectivity index (χ2n) is 20.1. The van der Waals surface area contributed by atoms with Gasteiger partial charge in [-0.05, 0) is 147 Å². The molecule has 0 nitrogen and oxygen atoms in total. The summed E-state index contributed by atoms with van der Waals surface area (Å²) in [6.07, 6.45) is 27.7. The first-order valence-electron chi connectivity index (χ1n) is 24.1. The standard InChI is InChI=1S/C58H68/c1-58(2)54-26-16-15-25-50(54)51-36-35-48(39-55(51)58)56(45-29-27-42(28-30-45)40-17-7-3-8-18-40)46-31-33-47(34-32-46)57-52(43-21-11-5-12-22-43)37-49(41-19-9-4-10-20-41)38-53(57)44-23-13-6-14-24-44/h15-16,25-41,43-44,56H,3-14,17-24H2,1-2H3. The van der Waals surface area contributed by atoms with E-state index in [9.17, 15) is 0 Å². The summed E-state index contributed by atoms with van der Waals surface area (Å²) in [5, 5.41) is 0. The van der Waals surface area contributed by atoms with E-state index in [2.05, 4.69) is 117 Å². The molecule has 0 aromatic heterocycles. The summed E-state index contributed by atoms with van der Waals surface area (Å²) in [4.78, 5) is 0. The lowest BCUT2D eigenvalue weighted by molar-refractivity contribution is 0.428. The van der Waals surface area contributed by atoms with Gasteiger partial charge in [0.15, 0.2) is 0 Å². The van der Waals surface area contributed by atoms with E-state index in [1.807, 2.05) is 0 Å². The van der Waals surface area contributed by atoms with Crippen LogP contribution in [0.4, 0.5) is 0 Å². The molecule has 10 rings (SSSR count). The first kappa shape index (κ1) is 38.3. The Morgan fingerprint density at radius 2 is 0.845 bits per heavy atom. The molecule has 0 amide bonds. The van der Waals surface area contributed by atoms with Crippen molar-refractivity contribution >= 4 is 0 Å². The molecule has 1 atom stereocenters. The predicted molar refractivity (Wildman–Crippen MR) is 247 cm³/mol. The summed E-state index contributed by atoms with van der Waals surface area (Å²) in [7, 11) is 0. The number of fused-ring (bicyclic) bond motifs is 3. The van der Waals surface area contributed by atoms with Crippen LogP contribution in [-0.2, 0) is 5.41 Å². The zero-order chi connectivity index (χ0) is 39.1. The molecule has 1 unspecified atom stereocenters. The van der Waals surface area contributed by atoms with Crippen molar-refractivity contribution < 1.29 is 0 Å². The third-order valence-corrected chi connectivity index (χ3v) is 16.2. The van der Waals surface area contributed by atoms with Gasteiger partial charge in [0.1, 0.15) is 0 Å². The lowest BCUT2D eigenvalue weighted by Gasteiger charge is -2.33. The zero-order valence-corrected chi connectivity index (χ0v) is 35.8. The quantitative estimate of drug-likeness (QED) is 0.138. The minimum atomic E-state index is -0.0178. The molecule has 0 heterocycles. The van der Waals surface area contributed by atoms with Gasteiger partial charge in [-0.25, -0.2) is 0 Å². The Balaban J connectivity index is 1.08. The second kappa shape index (κ2) is 16.6. The van der Waals surface area contributed by atoms with E-state index in [1.165, 1.54) is 173 Å². The number of rotatable bonds is 8. The largest absolute Gasteiger partial charge is 0.0619 e. The summed E-state index contributed by atoms with van der Waals surface area (Å²) < 4.78 is 0. The Kier molecular flexibility index (Phi) is 11.0. The Morgan fingerprint density at radius 1 is 0.397 bits per heavy atom. The van der Waals surface area contributed by atoms with Crippen LogP contribution >= 0.6 is 0 Å². The summed E-state index contributed by atoms with van der Waals surface area (Å²) in [6, 6.07) is 42.2. The van der Waals surface area contributed by atoms with Crippen LogP contribution in [0.15, 0.2) is 103 Å². The van der Waals surface area contributed by atoms with E-state index < -0.39 is 0 Å². The minimum Gasteiger partial charge on any atom is -0.0619 e. The third-order valence-electron chi connectivity index (χ3n) is 16.2. The van der Waals surface area contributed by atoms with Gasteiger partial charge in [-0.2, -0.15) is 0 Å². The monoisotopic (exact) mass is 765 g/mol. The molecule has 0 spiro atoms. The molecular weight excluding hydrogens is 697 g/mol. The molecule has 300 valence electrons. The van der Waals surface area contributed by atoms with Crippen molar-refractivity contribution in [3.8, 4) is 22.3 Å². The van der Waals surface area contributed by atoms with Crippen LogP contribution in [0, 0.1) is 0 Å². The maximum atomic E-state index is 2.77. The van der Waals surface area contributed by atoms with Gasteiger partial charge in [0.2, 0.25) is 0 Å². The molecular formula is C58H68. The lowest BCUT2D eigenvalue weighted by Crippen LogP contribution is -2.16. The summed E-state index contributed by atoms with van der Waals surface area (Å²) in [6.45, 7) is 4.86. The molecule has 0 heteroatoms. The van der Waals surface area contributed by atoms with Gasteiger partial charge in [-0.3, -0.25) is 0 Å². The summed E-state index contributed by atoms with van der Waals surface area (Å²) >= 11 is 0. The number of hydrogen-bond donors (Lipinski definition) is 0. The first-order chi connectivity index (χ1) is 28.5. The number of benzene rings is 5. The molecule has 4 saturated carbocycles. The first-order valence-corrected chi connectivity index (χ1v) is 24.1. The zero-order valence-electron chi connectivity index (χ0n) is 35.8. The Labute approximate surface area is 351 Å². The highest BCUT2D eigenvalue weighted by molar-refractivity contribution is 5.81. The molecule has 4 fully saturated rings.